The van der Waals surface area contributed by atoms with Crippen molar-refractivity contribution in [2.24, 2.45) is 0 Å². The number of benzene rings is 1. The molecule has 7 nitrogen and oxygen atoms in total. The molecule has 0 radical (unpaired) electrons. The molecule has 0 bridgehead atoms. The molecule has 0 saturated carbocycles. The summed E-state index contributed by atoms with van der Waals surface area (Å²) in [6, 6.07) is 13.9. The summed E-state index contributed by atoms with van der Waals surface area (Å²) in [6.45, 7) is 4.83. The highest BCUT2D eigenvalue weighted by Crippen LogP contribution is 2.16. The third-order valence-electron chi connectivity index (χ3n) is 4.74. The summed E-state index contributed by atoms with van der Waals surface area (Å²) in [7, 11) is 0. The lowest BCUT2D eigenvalue weighted by Gasteiger charge is -2.35. The average molecular weight is 374 g/mol. The van der Waals surface area contributed by atoms with Crippen molar-refractivity contribution in [1.29, 1.82) is 0 Å². The fourth-order valence-corrected chi connectivity index (χ4v) is 3.13. The van der Waals surface area contributed by atoms with Crippen LogP contribution < -0.4 is 10.2 Å². The number of anilines is 3. The van der Waals surface area contributed by atoms with Crippen molar-refractivity contribution >= 4 is 23.2 Å². The van der Waals surface area contributed by atoms with Crippen LogP contribution in [0.1, 0.15) is 16.1 Å². The van der Waals surface area contributed by atoms with Crippen LogP contribution in [0.3, 0.4) is 0 Å². The summed E-state index contributed by atoms with van der Waals surface area (Å²) in [5.74, 6) is 1.47. The van der Waals surface area contributed by atoms with Crippen LogP contribution >= 0.6 is 0 Å². The minimum absolute atomic E-state index is 0.0879. The Balaban J connectivity index is 1.35. The van der Waals surface area contributed by atoms with Gasteiger partial charge in [-0.25, -0.2) is 15.0 Å². The monoisotopic (exact) mass is 374 g/mol. The van der Waals surface area contributed by atoms with E-state index in [1.165, 1.54) is 11.8 Å². The van der Waals surface area contributed by atoms with E-state index in [-0.39, 0.29) is 5.91 Å². The number of carbonyl (C=O) groups is 1. The van der Waals surface area contributed by atoms with Gasteiger partial charge in [-0.15, -0.1) is 0 Å². The van der Waals surface area contributed by atoms with E-state index in [4.69, 9.17) is 0 Å². The Morgan fingerprint density at radius 1 is 0.929 bits per heavy atom. The molecule has 28 heavy (non-hydrogen) atoms. The molecule has 142 valence electrons. The molecule has 2 aromatic heterocycles. The van der Waals surface area contributed by atoms with Crippen LogP contribution in [-0.4, -0.2) is 51.9 Å². The normalized spacial score (nSPS) is 14.0. The minimum atomic E-state index is -0.0879. The van der Waals surface area contributed by atoms with Gasteiger partial charge in [0.25, 0.3) is 5.91 Å². The van der Waals surface area contributed by atoms with Gasteiger partial charge in [0.2, 0.25) is 0 Å². The fraction of sp³-hybridized carbons (Fsp3) is 0.238. The van der Waals surface area contributed by atoms with Gasteiger partial charge in [-0.3, -0.25) is 4.79 Å². The molecule has 1 aromatic carbocycles. The van der Waals surface area contributed by atoms with Crippen LogP contribution in [0.25, 0.3) is 0 Å². The van der Waals surface area contributed by atoms with Crippen molar-refractivity contribution in [2.75, 3.05) is 36.4 Å². The van der Waals surface area contributed by atoms with Gasteiger partial charge in [0, 0.05) is 38.1 Å². The van der Waals surface area contributed by atoms with E-state index >= 15 is 0 Å². The van der Waals surface area contributed by atoms with Gasteiger partial charge in [0.05, 0.1) is 12.4 Å². The van der Waals surface area contributed by atoms with Crippen LogP contribution in [-0.2, 0) is 0 Å². The maximum Gasteiger partial charge on any atom is 0.274 e. The Morgan fingerprint density at radius 3 is 2.36 bits per heavy atom. The molecule has 0 unspecified atom stereocenters. The summed E-state index contributed by atoms with van der Waals surface area (Å²) >= 11 is 0. The first-order chi connectivity index (χ1) is 13.7. The lowest BCUT2D eigenvalue weighted by molar-refractivity contribution is 0.0740. The largest absolute Gasteiger partial charge is 0.353 e. The van der Waals surface area contributed by atoms with Gasteiger partial charge in [-0.2, -0.15) is 0 Å². The predicted octanol–water partition coefficient (Wildman–Crippen LogP) is 2.89. The number of nitrogens with one attached hydrogen (secondary N) is 1. The van der Waals surface area contributed by atoms with E-state index in [0.29, 0.717) is 24.6 Å². The quantitative estimate of drug-likeness (QED) is 0.757. The summed E-state index contributed by atoms with van der Waals surface area (Å²) < 4.78 is 0. The van der Waals surface area contributed by atoms with Crippen molar-refractivity contribution in [3.05, 3.63) is 72.3 Å². The SMILES string of the molecule is Cc1ccc(Nc2cnc(C(=O)N3CCN(c4ccccn4)CC3)cn2)cc1. The van der Waals surface area contributed by atoms with E-state index < -0.39 is 0 Å². The van der Waals surface area contributed by atoms with E-state index in [9.17, 15) is 4.79 Å². The van der Waals surface area contributed by atoms with E-state index in [1.54, 1.807) is 12.4 Å². The number of hydrogen-bond acceptors (Lipinski definition) is 6. The van der Waals surface area contributed by atoms with Gasteiger partial charge < -0.3 is 15.1 Å². The van der Waals surface area contributed by atoms with Crippen molar-refractivity contribution in [3.63, 3.8) is 0 Å². The minimum Gasteiger partial charge on any atom is -0.353 e. The Kier molecular flexibility index (Phi) is 5.14. The zero-order valence-corrected chi connectivity index (χ0v) is 15.7. The van der Waals surface area contributed by atoms with E-state index in [2.05, 4.69) is 25.2 Å². The Morgan fingerprint density at radius 2 is 1.71 bits per heavy atom. The molecule has 1 amide bonds. The van der Waals surface area contributed by atoms with Gasteiger partial charge in [-0.05, 0) is 31.2 Å². The first kappa shape index (κ1) is 17.9. The number of hydrogen-bond donors (Lipinski definition) is 1. The molecule has 1 fully saturated rings. The molecule has 1 N–H and O–H groups in total. The van der Waals surface area contributed by atoms with Crippen molar-refractivity contribution in [1.82, 2.24) is 19.9 Å². The molecule has 3 heterocycles. The number of pyridine rings is 1. The highest BCUT2D eigenvalue weighted by molar-refractivity contribution is 5.92. The van der Waals surface area contributed by atoms with Crippen molar-refractivity contribution in [3.8, 4) is 0 Å². The maximum absolute atomic E-state index is 12.7. The first-order valence-electron chi connectivity index (χ1n) is 9.30. The fourth-order valence-electron chi connectivity index (χ4n) is 3.13. The molecule has 0 atom stereocenters. The molecule has 3 aromatic rings. The lowest BCUT2D eigenvalue weighted by atomic mass is 10.2. The molecule has 0 aliphatic carbocycles. The third-order valence-corrected chi connectivity index (χ3v) is 4.74. The van der Waals surface area contributed by atoms with Crippen LogP contribution in [0.4, 0.5) is 17.3 Å². The smallest absolute Gasteiger partial charge is 0.274 e. The van der Waals surface area contributed by atoms with Crippen LogP contribution in [0, 0.1) is 6.92 Å². The van der Waals surface area contributed by atoms with E-state index in [0.717, 1.165) is 24.6 Å². The van der Waals surface area contributed by atoms with Gasteiger partial charge >= 0.3 is 0 Å². The number of carbonyl (C=O) groups excluding carboxylic acids is 1. The van der Waals surface area contributed by atoms with Gasteiger partial charge in [0.15, 0.2) is 0 Å². The zero-order chi connectivity index (χ0) is 19.3. The summed E-state index contributed by atoms with van der Waals surface area (Å²) in [5.41, 5.74) is 2.49. The number of rotatable bonds is 4. The third kappa shape index (κ3) is 4.09. The predicted molar refractivity (Wildman–Crippen MR) is 109 cm³/mol. The molecule has 7 heteroatoms. The average Bonchev–Trinajstić information content (AvgIpc) is 2.76. The standard InChI is InChI=1S/C21H22N6O/c1-16-5-7-17(8-6-16)25-19-15-23-18(14-24-19)21(28)27-12-10-26(11-13-27)20-4-2-3-9-22-20/h2-9,14-15H,10-13H2,1H3,(H,24,25). The highest BCUT2D eigenvalue weighted by Gasteiger charge is 2.23. The second kappa shape index (κ2) is 8.04. The molecule has 1 aliphatic heterocycles. The molecule has 1 saturated heterocycles. The van der Waals surface area contributed by atoms with Crippen molar-refractivity contribution in [2.45, 2.75) is 6.92 Å². The van der Waals surface area contributed by atoms with Crippen molar-refractivity contribution < 1.29 is 4.79 Å². The lowest BCUT2D eigenvalue weighted by Crippen LogP contribution is -2.49. The Labute approximate surface area is 164 Å². The molecular formula is C21H22N6O. The van der Waals surface area contributed by atoms with Gasteiger partial charge in [-0.1, -0.05) is 23.8 Å². The number of amides is 1. The van der Waals surface area contributed by atoms with Gasteiger partial charge in [0.1, 0.15) is 17.3 Å². The molecule has 1 aliphatic rings. The van der Waals surface area contributed by atoms with Crippen LogP contribution in [0.15, 0.2) is 61.1 Å². The van der Waals surface area contributed by atoms with Crippen LogP contribution in [0.2, 0.25) is 0 Å². The summed E-state index contributed by atoms with van der Waals surface area (Å²) in [5, 5.41) is 3.19. The number of aryl methyl sites for hydroxylation is 1. The zero-order valence-electron chi connectivity index (χ0n) is 15.7. The molecule has 4 rings (SSSR count). The second-order valence-corrected chi connectivity index (χ2v) is 6.75. The first-order valence-corrected chi connectivity index (χ1v) is 9.30. The number of nitrogens with zero attached hydrogens (tertiary/aromatic N) is 5. The van der Waals surface area contributed by atoms with E-state index in [1.807, 2.05) is 54.3 Å². The summed E-state index contributed by atoms with van der Waals surface area (Å²) in [6.07, 6.45) is 4.91. The Hall–Kier alpha value is -3.48. The Bertz CT molecular complexity index is 919. The second-order valence-electron chi connectivity index (χ2n) is 6.75. The van der Waals surface area contributed by atoms with Crippen LogP contribution in [0.5, 0.6) is 0 Å². The molecular weight excluding hydrogens is 352 g/mol. The summed E-state index contributed by atoms with van der Waals surface area (Å²) in [4.78, 5) is 29.7. The topological polar surface area (TPSA) is 74.2 Å². The molecule has 0 spiro atoms. The highest BCUT2D eigenvalue weighted by atomic mass is 16.2. The number of piperazine rings is 1. The maximum atomic E-state index is 12.7. The number of aromatic nitrogens is 3.